The summed E-state index contributed by atoms with van der Waals surface area (Å²) >= 11 is 0. The summed E-state index contributed by atoms with van der Waals surface area (Å²) in [5, 5.41) is 7.36. The van der Waals surface area contributed by atoms with Gasteiger partial charge in [0.1, 0.15) is 12.2 Å². The molecule has 0 radical (unpaired) electrons. The molecule has 1 aliphatic carbocycles. The zero-order valence-corrected chi connectivity index (χ0v) is 16.5. The van der Waals surface area contributed by atoms with Gasteiger partial charge in [0, 0.05) is 39.3 Å². The predicted octanol–water partition coefficient (Wildman–Crippen LogP) is 2.56. The molecule has 26 heavy (non-hydrogen) atoms. The second-order valence-corrected chi connectivity index (χ2v) is 8.19. The van der Waals surface area contributed by atoms with Crippen LogP contribution in [0.15, 0.2) is 6.33 Å². The van der Waals surface area contributed by atoms with Gasteiger partial charge >= 0.3 is 6.03 Å². The van der Waals surface area contributed by atoms with E-state index in [-0.39, 0.29) is 12.1 Å². The molecule has 2 aliphatic rings. The van der Waals surface area contributed by atoms with Crippen LogP contribution >= 0.6 is 0 Å². The van der Waals surface area contributed by atoms with Crippen LogP contribution in [0.1, 0.15) is 64.2 Å². The van der Waals surface area contributed by atoms with E-state index in [9.17, 15) is 4.79 Å². The average molecular weight is 363 g/mol. The van der Waals surface area contributed by atoms with Crippen molar-refractivity contribution in [3.05, 3.63) is 12.2 Å². The molecule has 0 unspecified atom stereocenters. The Morgan fingerprint density at radius 3 is 2.46 bits per heavy atom. The standard InChI is InChI=1S/C19H34N6O/c1-15(2)13-17(18-20-14-21-23(18)3)22-19(26)25-11-9-24(10-12-25)16-7-5-4-6-8-16/h14-17H,4-13H2,1-3H3,(H,22,26)/t17-/m1/s1. The van der Waals surface area contributed by atoms with Crippen LogP contribution in [0.25, 0.3) is 0 Å². The van der Waals surface area contributed by atoms with E-state index >= 15 is 0 Å². The Kier molecular flexibility index (Phi) is 6.51. The van der Waals surface area contributed by atoms with Crippen molar-refractivity contribution in [2.45, 2.75) is 64.5 Å². The minimum Gasteiger partial charge on any atom is -0.328 e. The zero-order valence-electron chi connectivity index (χ0n) is 16.5. The fraction of sp³-hybridized carbons (Fsp3) is 0.842. The minimum absolute atomic E-state index is 0.0296. The summed E-state index contributed by atoms with van der Waals surface area (Å²) in [5.74, 6) is 1.30. The molecule has 146 valence electrons. The van der Waals surface area contributed by atoms with E-state index in [1.165, 1.54) is 32.1 Å². The quantitative estimate of drug-likeness (QED) is 0.874. The number of carbonyl (C=O) groups is 1. The number of nitrogens with zero attached hydrogens (tertiary/aromatic N) is 5. The van der Waals surface area contributed by atoms with Crippen molar-refractivity contribution in [2.75, 3.05) is 26.2 Å². The van der Waals surface area contributed by atoms with Crippen molar-refractivity contribution in [2.24, 2.45) is 13.0 Å². The number of hydrogen-bond acceptors (Lipinski definition) is 4. The second-order valence-electron chi connectivity index (χ2n) is 8.19. The second kappa shape index (κ2) is 8.84. The highest BCUT2D eigenvalue weighted by molar-refractivity contribution is 5.74. The summed E-state index contributed by atoms with van der Waals surface area (Å²) in [6.07, 6.45) is 9.18. The maximum absolute atomic E-state index is 12.8. The van der Waals surface area contributed by atoms with Crippen LogP contribution in [0.2, 0.25) is 0 Å². The van der Waals surface area contributed by atoms with Crippen LogP contribution in [-0.4, -0.2) is 62.8 Å². The predicted molar refractivity (Wildman–Crippen MR) is 102 cm³/mol. The van der Waals surface area contributed by atoms with Crippen LogP contribution in [0.4, 0.5) is 4.79 Å². The Labute approximate surface area is 157 Å². The lowest BCUT2D eigenvalue weighted by atomic mass is 9.94. The lowest BCUT2D eigenvalue weighted by Crippen LogP contribution is -2.54. The average Bonchev–Trinajstić information content (AvgIpc) is 3.07. The monoisotopic (exact) mass is 362 g/mol. The van der Waals surface area contributed by atoms with Gasteiger partial charge in [-0.25, -0.2) is 9.78 Å². The number of piperazine rings is 1. The Morgan fingerprint density at radius 2 is 1.88 bits per heavy atom. The van der Waals surface area contributed by atoms with Gasteiger partial charge in [-0.3, -0.25) is 9.58 Å². The highest BCUT2D eigenvalue weighted by Crippen LogP contribution is 2.24. The summed E-state index contributed by atoms with van der Waals surface area (Å²) in [5.41, 5.74) is 0. The van der Waals surface area contributed by atoms with Crippen LogP contribution < -0.4 is 5.32 Å². The van der Waals surface area contributed by atoms with E-state index in [0.29, 0.717) is 5.92 Å². The largest absolute Gasteiger partial charge is 0.328 e. The minimum atomic E-state index is -0.0913. The zero-order chi connectivity index (χ0) is 18.5. The van der Waals surface area contributed by atoms with E-state index in [1.807, 2.05) is 11.9 Å². The van der Waals surface area contributed by atoms with Gasteiger partial charge in [-0.15, -0.1) is 0 Å². The molecule has 1 saturated carbocycles. The van der Waals surface area contributed by atoms with Crippen molar-refractivity contribution in [1.82, 2.24) is 29.9 Å². The Hall–Kier alpha value is -1.63. The van der Waals surface area contributed by atoms with Gasteiger partial charge in [0.2, 0.25) is 0 Å². The van der Waals surface area contributed by atoms with Gasteiger partial charge in [-0.2, -0.15) is 5.10 Å². The summed E-state index contributed by atoms with van der Waals surface area (Å²) in [6.45, 7) is 7.95. The van der Waals surface area contributed by atoms with Crippen molar-refractivity contribution in [3.8, 4) is 0 Å². The number of aryl methyl sites for hydroxylation is 1. The topological polar surface area (TPSA) is 66.3 Å². The maximum atomic E-state index is 12.8. The van der Waals surface area contributed by atoms with Crippen molar-refractivity contribution in [3.63, 3.8) is 0 Å². The molecule has 7 nitrogen and oxygen atoms in total. The van der Waals surface area contributed by atoms with E-state index < -0.39 is 0 Å². The molecule has 0 bridgehead atoms. The van der Waals surface area contributed by atoms with Crippen molar-refractivity contribution >= 4 is 6.03 Å². The molecule has 0 aromatic carbocycles. The summed E-state index contributed by atoms with van der Waals surface area (Å²) < 4.78 is 1.76. The fourth-order valence-electron chi connectivity index (χ4n) is 4.30. The number of nitrogens with one attached hydrogen (secondary N) is 1. The summed E-state index contributed by atoms with van der Waals surface area (Å²) in [4.78, 5) is 21.7. The molecule has 1 aromatic heterocycles. The van der Waals surface area contributed by atoms with Gasteiger partial charge in [-0.1, -0.05) is 33.1 Å². The molecule has 1 aromatic rings. The summed E-state index contributed by atoms with van der Waals surface area (Å²) in [7, 11) is 1.88. The Morgan fingerprint density at radius 1 is 1.19 bits per heavy atom. The normalized spacial score (nSPS) is 21.2. The lowest BCUT2D eigenvalue weighted by Gasteiger charge is -2.41. The molecule has 2 fully saturated rings. The molecule has 1 atom stereocenters. The van der Waals surface area contributed by atoms with Gasteiger partial charge in [0.05, 0.1) is 6.04 Å². The van der Waals surface area contributed by atoms with Crippen LogP contribution in [0, 0.1) is 5.92 Å². The SMILES string of the molecule is CC(C)C[C@@H](NC(=O)N1CCN(C2CCCCC2)CC1)c1ncnn1C. The fourth-order valence-corrected chi connectivity index (χ4v) is 4.30. The molecule has 1 aliphatic heterocycles. The van der Waals surface area contributed by atoms with E-state index in [0.717, 1.165) is 44.5 Å². The molecule has 3 rings (SSSR count). The first-order valence-electron chi connectivity index (χ1n) is 10.2. The number of amides is 2. The molecule has 1 saturated heterocycles. The third-order valence-electron chi connectivity index (χ3n) is 5.76. The number of urea groups is 1. The number of carbonyl (C=O) groups excluding carboxylic acids is 1. The molecular formula is C19H34N6O. The van der Waals surface area contributed by atoms with Crippen LogP contribution in [0.5, 0.6) is 0 Å². The summed E-state index contributed by atoms with van der Waals surface area (Å²) in [6, 6.07) is 0.676. The van der Waals surface area contributed by atoms with Crippen LogP contribution in [-0.2, 0) is 7.05 Å². The van der Waals surface area contributed by atoms with E-state index in [4.69, 9.17) is 0 Å². The van der Waals surface area contributed by atoms with Gasteiger partial charge in [0.25, 0.3) is 0 Å². The highest BCUT2D eigenvalue weighted by Gasteiger charge is 2.29. The first-order valence-corrected chi connectivity index (χ1v) is 10.2. The molecule has 2 heterocycles. The Bertz CT molecular complexity index is 572. The van der Waals surface area contributed by atoms with Gasteiger partial charge < -0.3 is 10.2 Å². The number of aromatic nitrogens is 3. The molecular weight excluding hydrogens is 328 g/mol. The third-order valence-corrected chi connectivity index (χ3v) is 5.76. The first-order chi connectivity index (χ1) is 12.5. The van der Waals surface area contributed by atoms with Crippen molar-refractivity contribution < 1.29 is 4.79 Å². The molecule has 1 N–H and O–H groups in total. The van der Waals surface area contributed by atoms with Crippen LogP contribution in [0.3, 0.4) is 0 Å². The van der Waals surface area contributed by atoms with E-state index in [1.54, 1.807) is 11.0 Å². The molecule has 2 amide bonds. The maximum Gasteiger partial charge on any atom is 0.318 e. The molecule has 0 spiro atoms. The van der Waals surface area contributed by atoms with Gasteiger partial charge in [-0.05, 0) is 25.2 Å². The third kappa shape index (κ3) is 4.75. The highest BCUT2D eigenvalue weighted by atomic mass is 16.2. The Balaban J connectivity index is 1.54. The number of hydrogen-bond donors (Lipinski definition) is 1. The number of rotatable bonds is 5. The lowest BCUT2D eigenvalue weighted by molar-refractivity contribution is 0.0892. The molecule has 7 heteroatoms. The van der Waals surface area contributed by atoms with Crippen molar-refractivity contribution in [1.29, 1.82) is 0 Å². The van der Waals surface area contributed by atoms with Gasteiger partial charge in [0.15, 0.2) is 0 Å². The smallest absolute Gasteiger partial charge is 0.318 e. The first kappa shape index (κ1) is 19.1. The van der Waals surface area contributed by atoms with E-state index in [2.05, 4.69) is 34.1 Å².